The van der Waals surface area contributed by atoms with E-state index in [9.17, 15) is 13.2 Å². The van der Waals surface area contributed by atoms with Crippen LogP contribution in [0.25, 0.3) is 10.9 Å². The molecule has 0 spiro atoms. The number of amides is 1. The number of ether oxygens (including phenoxy) is 1. The molecule has 1 N–H and O–H groups in total. The molecule has 0 bridgehead atoms. The van der Waals surface area contributed by atoms with Crippen molar-refractivity contribution in [3.63, 3.8) is 0 Å². The molecule has 9 heteroatoms. The van der Waals surface area contributed by atoms with Crippen molar-refractivity contribution in [2.45, 2.75) is 17.9 Å². The number of nitrogens with zero attached hydrogens (tertiary/aromatic N) is 3. The minimum Gasteiger partial charge on any atom is -0.378 e. The molecule has 1 amide bonds. The zero-order valence-corrected chi connectivity index (χ0v) is 19.8. The van der Waals surface area contributed by atoms with Gasteiger partial charge in [-0.2, -0.15) is 0 Å². The van der Waals surface area contributed by atoms with Crippen molar-refractivity contribution >= 4 is 32.5 Å². The smallest absolute Gasteiger partial charge is 0.253 e. The fourth-order valence-corrected chi connectivity index (χ4v) is 4.96. The third-order valence-electron chi connectivity index (χ3n) is 5.88. The molecule has 0 unspecified atom stereocenters. The van der Waals surface area contributed by atoms with Crippen LogP contribution >= 0.6 is 0 Å². The molecule has 2 aromatic carbocycles. The van der Waals surface area contributed by atoms with Crippen molar-refractivity contribution in [1.29, 1.82) is 0 Å². The summed E-state index contributed by atoms with van der Waals surface area (Å²) in [6, 6.07) is 15.0. The lowest BCUT2D eigenvalue weighted by atomic mass is 10.1. The molecule has 1 aliphatic rings. The Morgan fingerprint density at radius 3 is 2.61 bits per heavy atom. The van der Waals surface area contributed by atoms with E-state index in [4.69, 9.17) is 4.74 Å². The zero-order chi connectivity index (χ0) is 23.4. The van der Waals surface area contributed by atoms with E-state index in [2.05, 4.69) is 39.2 Å². The lowest BCUT2D eigenvalue weighted by Gasteiger charge is -2.30. The number of para-hydroxylation sites is 1. The van der Waals surface area contributed by atoms with E-state index < -0.39 is 10.0 Å². The van der Waals surface area contributed by atoms with Crippen molar-refractivity contribution in [1.82, 2.24) is 14.2 Å². The Bertz CT molecular complexity index is 1230. The highest BCUT2D eigenvalue weighted by atomic mass is 32.2. The van der Waals surface area contributed by atoms with E-state index in [1.165, 1.54) is 31.1 Å². The molecule has 0 saturated carbocycles. The fourth-order valence-electron chi connectivity index (χ4n) is 4.03. The average Bonchev–Trinajstić information content (AvgIpc) is 3.25. The number of carbonyl (C=O) groups is 1. The van der Waals surface area contributed by atoms with E-state index in [0.717, 1.165) is 23.0 Å². The number of morpholine rings is 1. The highest BCUT2D eigenvalue weighted by Gasteiger charge is 2.24. The maximum Gasteiger partial charge on any atom is 0.253 e. The van der Waals surface area contributed by atoms with Gasteiger partial charge in [0, 0.05) is 57.7 Å². The first-order valence-corrected chi connectivity index (χ1v) is 12.5. The number of aryl methyl sites for hydroxylation is 1. The summed E-state index contributed by atoms with van der Waals surface area (Å²) in [5.41, 5.74) is 2.26. The molecule has 1 aromatic heterocycles. The quantitative estimate of drug-likeness (QED) is 0.512. The van der Waals surface area contributed by atoms with Crippen molar-refractivity contribution < 1.29 is 17.9 Å². The second-order valence-electron chi connectivity index (χ2n) is 8.24. The number of anilines is 1. The summed E-state index contributed by atoms with van der Waals surface area (Å²) >= 11 is 0. The van der Waals surface area contributed by atoms with Crippen LogP contribution in [0.3, 0.4) is 0 Å². The highest BCUT2D eigenvalue weighted by Crippen LogP contribution is 2.26. The normalized spacial score (nSPS) is 14.7. The molecule has 0 aliphatic carbocycles. The molecule has 3 aromatic rings. The van der Waals surface area contributed by atoms with Crippen LogP contribution in [-0.4, -0.2) is 70.1 Å². The second-order valence-corrected chi connectivity index (χ2v) is 10.4. The first kappa shape index (κ1) is 23.3. The molecule has 1 aliphatic heterocycles. The minimum atomic E-state index is -3.65. The Labute approximate surface area is 194 Å². The predicted molar refractivity (Wildman–Crippen MR) is 129 cm³/mol. The molecule has 2 heterocycles. The van der Waals surface area contributed by atoms with E-state index >= 15 is 0 Å². The van der Waals surface area contributed by atoms with Gasteiger partial charge in [0.1, 0.15) is 0 Å². The van der Waals surface area contributed by atoms with Crippen LogP contribution in [0, 0.1) is 0 Å². The molecule has 0 radical (unpaired) electrons. The topological polar surface area (TPSA) is 83.9 Å². The summed E-state index contributed by atoms with van der Waals surface area (Å²) < 4.78 is 34.1. The van der Waals surface area contributed by atoms with Gasteiger partial charge >= 0.3 is 0 Å². The SMILES string of the molecule is CN(C)S(=O)(=O)c1ccc(N2CCOCC2)c(C(=O)NCCCn2ccc3ccccc32)c1. The third kappa shape index (κ3) is 5.05. The zero-order valence-electron chi connectivity index (χ0n) is 19.0. The van der Waals surface area contributed by atoms with Gasteiger partial charge in [0.25, 0.3) is 5.91 Å². The molecule has 0 atom stereocenters. The molecule has 1 fully saturated rings. The number of rotatable bonds is 8. The van der Waals surface area contributed by atoms with Gasteiger partial charge in [0.05, 0.1) is 23.7 Å². The molecule has 176 valence electrons. The summed E-state index contributed by atoms with van der Waals surface area (Å²) in [4.78, 5) is 15.3. The number of hydrogen-bond acceptors (Lipinski definition) is 5. The van der Waals surface area contributed by atoms with Gasteiger partial charge in [-0.25, -0.2) is 12.7 Å². The minimum absolute atomic E-state index is 0.105. The Balaban J connectivity index is 1.49. The van der Waals surface area contributed by atoms with Crippen molar-refractivity contribution in [2.24, 2.45) is 0 Å². The number of aromatic nitrogens is 1. The molecule has 33 heavy (non-hydrogen) atoms. The molecule has 8 nitrogen and oxygen atoms in total. The summed E-state index contributed by atoms with van der Waals surface area (Å²) in [6.45, 7) is 3.71. The van der Waals surface area contributed by atoms with Gasteiger partial charge in [-0.05, 0) is 42.1 Å². The number of sulfonamides is 1. The van der Waals surface area contributed by atoms with Crippen molar-refractivity contribution in [3.05, 3.63) is 60.3 Å². The second kappa shape index (κ2) is 9.94. The number of hydrogen-bond donors (Lipinski definition) is 1. The fraction of sp³-hybridized carbons (Fsp3) is 0.375. The molecule has 1 saturated heterocycles. The predicted octanol–water partition coefficient (Wildman–Crippen LogP) is 2.55. The van der Waals surface area contributed by atoms with E-state index in [1.807, 2.05) is 12.1 Å². The lowest BCUT2D eigenvalue weighted by molar-refractivity contribution is 0.0951. The Morgan fingerprint density at radius 1 is 1.09 bits per heavy atom. The molecular formula is C24H30N4O4S. The van der Waals surface area contributed by atoms with Gasteiger partial charge in [0.15, 0.2) is 0 Å². The van der Waals surface area contributed by atoms with Crippen LogP contribution < -0.4 is 10.2 Å². The number of fused-ring (bicyclic) bond motifs is 1. The Hall–Kier alpha value is -2.88. The van der Waals surface area contributed by atoms with Crippen LogP contribution in [0.5, 0.6) is 0 Å². The monoisotopic (exact) mass is 470 g/mol. The van der Waals surface area contributed by atoms with Gasteiger partial charge in [-0.1, -0.05) is 18.2 Å². The van der Waals surface area contributed by atoms with E-state index in [-0.39, 0.29) is 10.8 Å². The average molecular weight is 471 g/mol. The third-order valence-corrected chi connectivity index (χ3v) is 7.70. The van der Waals surface area contributed by atoms with Crippen molar-refractivity contribution in [3.8, 4) is 0 Å². The number of carbonyl (C=O) groups excluding carboxylic acids is 1. The Kier molecular flexibility index (Phi) is 7.02. The van der Waals surface area contributed by atoms with Crippen LogP contribution in [0.4, 0.5) is 5.69 Å². The molecular weight excluding hydrogens is 440 g/mol. The van der Waals surface area contributed by atoms with Crippen LogP contribution in [0.15, 0.2) is 59.6 Å². The van der Waals surface area contributed by atoms with E-state index in [0.29, 0.717) is 38.4 Å². The van der Waals surface area contributed by atoms with Gasteiger partial charge in [0.2, 0.25) is 10.0 Å². The first-order chi connectivity index (χ1) is 15.9. The van der Waals surface area contributed by atoms with Gasteiger partial charge < -0.3 is 19.5 Å². The van der Waals surface area contributed by atoms with Gasteiger partial charge in [-0.15, -0.1) is 0 Å². The highest BCUT2D eigenvalue weighted by molar-refractivity contribution is 7.89. The first-order valence-electron chi connectivity index (χ1n) is 11.1. The van der Waals surface area contributed by atoms with Gasteiger partial charge in [-0.3, -0.25) is 4.79 Å². The molecule has 4 rings (SSSR count). The van der Waals surface area contributed by atoms with Crippen LogP contribution in [-0.2, 0) is 21.3 Å². The Morgan fingerprint density at radius 2 is 1.85 bits per heavy atom. The van der Waals surface area contributed by atoms with E-state index in [1.54, 1.807) is 12.1 Å². The lowest BCUT2D eigenvalue weighted by Crippen LogP contribution is -2.38. The van der Waals surface area contributed by atoms with Crippen molar-refractivity contribution in [2.75, 3.05) is 51.8 Å². The van der Waals surface area contributed by atoms with Crippen LogP contribution in [0.2, 0.25) is 0 Å². The summed E-state index contributed by atoms with van der Waals surface area (Å²) in [5.74, 6) is -0.273. The summed E-state index contributed by atoms with van der Waals surface area (Å²) in [7, 11) is -0.685. The maximum atomic E-state index is 13.1. The maximum absolute atomic E-state index is 13.1. The number of benzene rings is 2. The summed E-state index contributed by atoms with van der Waals surface area (Å²) in [5, 5.41) is 4.17. The standard InChI is InChI=1S/C24H30N4O4S/c1-26(2)33(30,31)20-8-9-23(28-14-16-32-17-15-28)21(18-20)24(29)25-11-5-12-27-13-10-19-6-3-4-7-22(19)27/h3-4,6-10,13,18H,5,11-12,14-17H2,1-2H3,(H,25,29). The summed E-state index contributed by atoms with van der Waals surface area (Å²) in [6.07, 6.45) is 2.81. The van der Waals surface area contributed by atoms with Crippen LogP contribution in [0.1, 0.15) is 16.8 Å². The largest absolute Gasteiger partial charge is 0.378 e. The number of nitrogens with one attached hydrogen (secondary N) is 1.